The Kier molecular flexibility index (Phi) is 11.7. The summed E-state index contributed by atoms with van der Waals surface area (Å²) >= 11 is 1.38. The molecule has 0 radical (unpaired) electrons. The summed E-state index contributed by atoms with van der Waals surface area (Å²) in [7, 11) is -2.50. The van der Waals surface area contributed by atoms with Gasteiger partial charge >= 0.3 is 6.09 Å². The van der Waals surface area contributed by atoms with E-state index in [1.54, 1.807) is 18.6 Å². The van der Waals surface area contributed by atoms with Crippen molar-refractivity contribution < 1.29 is 43.0 Å². The second-order valence-electron chi connectivity index (χ2n) is 16.7. The number of H-pyrrole nitrogens is 1. The number of nitrogens with one attached hydrogen (secondary N) is 3. The van der Waals surface area contributed by atoms with E-state index in [2.05, 4.69) is 27.2 Å². The summed E-state index contributed by atoms with van der Waals surface area (Å²) in [6, 6.07) is 15.1. The Morgan fingerprint density at radius 2 is 1.88 bits per heavy atom. The molecule has 3 heterocycles. The molecule has 4 N–H and O–H groups in total. The van der Waals surface area contributed by atoms with Crippen LogP contribution in [0.1, 0.15) is 70.0 Å². The van der Waals surface area contributed by atoms with Crippen LogP contribution in [0.4, 0.5) is 4.79 Å². The average Bonchev–Trinajstić information content (AvgIpc) is 3.53. The first-order chi connectivity index (χ1) is 27.6. The molecule has 7 rings (SSSR count). The molecule has 3 amide bonds. The Bertz CT molecular complexity index is 2240. The highest BCUT2D eigenvalue weighted by atomic mass is 32.1. The van der Waals surface area contributed by atoms with Crippen molar-refractivity contribution in [3.05, 3.63) is 83.3 Å². The van der Waals surface area contributed by atoms with Crippen LogP contribution in [0, 0.1) is 18.3 Å². The lowest BCUT2D eigenvalue weighted by Crippen LogP contribution is -2.58. The zero-order chi connectivity index (χ0) is 41.4. The molecule has 58 heavy (non-hydrogen) atoms. The van der Waals surface area contributed by atoms with Crippen molar-refractivity contribution in [3.8, 4) is 22.8 Å². The topological polar surface area (TPSA) is 171 Å². The largest absolute Gasteiger partial charge is 0.497 e. The Hall–Kier alpha value is -4.78. The quantitative estimate of drug-likeness (QED) is 0.0947. The van der Waals surface area contributed by atoms with E-state index in [0.717, 1.165) is 52.9 Å². The van der Waals surface area contributed by atoms with Gasteiger partial charge in [-0.25, -0.2) is 14.8 Å². The van der Waals surface area contributed by atoms with Crippen LogP contribution in [-0.2, 0) is 25.1 Å². The molecule has 4 aromatic rings. The molecular formula is C43H53N5O8PS+. The van der Waals surface area contributed by atoms with Gasteiger partial charge in [0.05, 0.1) is 48.0 Å². The Morgan fingerprint density at radius 1 is 1.14 bits per heavy atom. The fraction of sp³-hybridized carbons (Fsp3) is 0.465. The van der Waals surface area contributed by atoms with Crippen LogP contribution in [0.5, 0.6) is 11.5 Å². The van der Waals surface area contributed by atoms with Gasteiger partial charge in [0, 0.05) is 23.3 Å². The molecule has 308 valence electrons. The number of hydrogen-bond donors (Lipinski definition) is 3. The third-order valence-electron chi connectivity index (χ3n) is 11.5. The summed E-state index contributed by atoms with van der Waals surface area (Å²) in [4.78, 5) is 63.7. The minimum atomic E-state index is -4.10. The molecule has 2 aromatic carbocycles. The molecule has 1 aliphatic heterocycles. The number of pyridine rings is 1. The number of methoxy groups -OCH3 is 1. The molecule has 2 aliphatic carbocycles. The highest BCUT2D eigenvalue weighted by Crippen LogP contribution is 2.70. The standard InChI is InChI=1S/C43H52N5O8PS/c1-7-28-22-43(28,57(52,53)24-29-25-58-26(2)44-29)47-39(49)36-20-32(23-48(36)40(50)38(42(3,4)5)46-41(51)56-30-15-11-12-16-30)55-37-21-34(27-13-9-8-10-14-27)45-35-19-31(54-6)17-18-33(35)37/h7-10,13-14,17-19,21,25,28,30,32,36,38H,1,11-12,15-16,20,22-24H2,2-6H3,(H,46,51)(H,47,49)(H,52,53)/p+1/t28-,32?,36+,38-,43+/m1/s1. The number of alkyl carbamates (subject to hydrolysis) is 1. The number of nitrogens with zero attached hydrogens (tertiary/aromatic N) is 2. The highest BCUT2D eigenvalue weighted by molar-refractivity contribution is 7.59. The van der Waals surface area contributed by atoms with Crippen molar-refractivity contribution in [1.82, 2.24) is 20.5 Å². The van der Waals surface area contributed by atoms with Gasteiger partial charge in [0.1, 0.15) is 41.1 Å². The fourth-order valence-corrected chi connectivity index (χ4v) is 11.2. The molecule has 2 saturated carbocycles. The molecule has 0 spiro atoms. The van der Waals surface area contributed by atoms with Gasteiger partial charge in [-0.3, -0.25) is 14.2 Å². The number of hydrogen-bond acceptors (Lipinski definition) is 9. The Balaban J connectivity index is 1.22. The number of ether oxygens (including phenoxy) is 3. The van der Waals surface area contributed by atoms with Gasteiger partial charge in [0.2, 0.25) is 30.4 Å². The van der Waals surface area contributed by atoms with Crippen LogP contribution in [0.3, 0.4) is 0 Å². The minimum Gasteiger partial charge on any atom is -0.497 e. The van der Waals surface area contributed by atoms with E-state index in [-0.39, 0.29) is 31.7 Å². The van der Waals surface area contributed by atoms with Gasteiger partial charge in [0.25, 0.3) is 0 Å². The summed E-state index contributed by atoms with van der Waals surface area (Å²) in [5.74, 6) is -0.352. The SMILES string of the molecule is C=C[C@@H]1C[C@]1(NC(=O)[C@@H]1CC(Oc2cc(-c3ccccc3)[nH+]c3cc(OC)ccc23)CN1C(=O)[C@@H](NC(=O)OC1CCCC1)C(C)(C)C)P(=O)(O)Cc1csc(C)n1. The monoisotopic (exact) mass is 830 g/mol. The molecule has 6 atom stereocenters. The molecule has 1 saturated heterocycles. The molecule has 0 bridgehead atoms. The molecule has 3 fully saturated rings. The van der Waals surface area contributed by atoms with E-state index in [1.165, 1.54) is 16.2 Å². The summed E-state index contributed by atoms with van der Waals surface area (Å²) in [6.07, 6.45) is 3.57. The zero-order valence-corrected chi connectivity index (χ0v) is 35.4. The molecule has 2 aromatic heterocycles. The van der Waals surface area contributed by atoms with Gasteiger partial charge < -0.3 is 34.6 Å². The van der Waals surface area contributed by atoms with Crippen molar-refractivity contribution in [2.24, 2.45) is 11.3 Å². The summed E-state index contributed by atoms with van der Waals surface area (Å²) in [5, 5.41) is 7.60. The number of aromatic amines is 1. The first-order valence-electron chi connectivity index (χ1n) is 19.8. The van der Waals surface area contributed by atoms with E-state index in [0.29, 0.717) is 17.2 Å². The lowest BCUT2D eigenvalue weighted by molar-refractivity contribution is -0.331. The van der Waals surface area contributed by atoms with Crippen LogP contribution in [0.2, 0.25) is 0 Å². The van der Waals surface area contributed by atoms with Crippen molar-refractivity contribution >= 4 is 47.5 Å². The summed E-state index contributed by atoms with van der Waals surface area (Å²) < 4.78 is 32.2. The highest BCUT2D eigenvalue weighted by Gasteiger charge is 2.66. The summed E-state index contributed by atoms with van der Waals surface area (Å²) in [5.41, 5.74) is 2.17. The number of benzene rings is 2. The maximum atomic E-state index is 14.8. The van der Waals surface area contributed by atoms with Crippen LogP contribution >= 0.6 is 18.7 Å². The molecule has 2 unspecified atom stereocenters. The van der Waals surface area contributed by atoms with E-state index in [4.69, 9.17) is 14.2 Å². The number of carbonyl (C=O) groups is 3. The lowest BCUT2D eigenvalue weighted by atomic mass is 9.85. The van der Waals surface area contributed by atoms with Crippen molar-refractivity contribution in [2.45, 2.75) is 102 Å². The fourth-order valence-electron chi connectivity index (χ4n) is 8.23. The smallest absolute Gasteiger partial charge is 0.408 e. The number of rotatable bonds is 13. The maximum absolute atomic E-state index is 14.8. The number of likely N-dealkylation sites (tertiary alicyclic amines) is 1. The number of aromatic nitrogens is 2. The van der Waals surface area contributed by atoms with E-state index in [1.807, 2.05) is 82.3 Å². The van der Waals surface area contributed by atoms with Gasteiger partial charge in [-0.2, -0.15) is 0 Å². The average molecular weight is 831 g/mol. The normalized spacial score (nSPS) is 23.5. The Morgan fingerprint density at radius 3 is 2.52 bits per heavy atom. The molecule has 15 heteroatoms. The number of carbonyl (C=O) groups excluding carboxylic acids is 3. The van der Waals surface area contributed by atoms with E-state index < -0.39 is 60.1 Å². The van der Waals surface area contributed by atoms with Crippen LogP contribution in [0.25, 0.3) is 22.2 Å². The van der Waals surface area contributed by atoms with Crippen molar-refractivity contribution in [1.29, 1.82) is 0 Å². The minimum absolute atomic E-state index is 0.00650. The zero-order valence-electron chi connectivity index (χ0n) is 33.7. The third kappa shape index (κ3) is 8.65. The van der Waals surface area contributed by atoms with Crippen LogP contribution in [-0.4, -0.2) is 75.9 Å². The van der Waals surface area contributed by atoms with Crippen LogP contribution in [0.15, 0.2) is 72.6 Å². The molecule has 13 nitrogen and oxygen atoms in total. The van der Waals surface area contributed by atoms with E-state index >= 15 is 0 Å². The molecular weight excluding hydrogens is 778 g/mol. The number of amides is 3. The van der Waals surface area contributed by atoms with Gasteiger partial charge in [0.15, 0.2) is 0 Å². The predicted molar refractivity (Wildman–Crippen MR) is 222 cm³/mol. The predicted octanol–water partition coefficient (Wildman–Crippen LogP) is 7.02. The van der Waals surface area contributed by atoms with Gasteiger partial charge in [-0.1, -0.05) is 45.0 Å². The Labute approximate surface area is 343 Å². The van der Waals surface area contributed by atoms with Crippen molar-refractivity contribution in [3.63, 3.8) is 0 Å². The van der Waals surface area contributed by atoms with E-state index in [9.17, 15) is 23.8 Å². The summed E-state index contributed by atoms with van der Waals surface area (Å²) in [6.45, 7) is 11.2. The maximum Gasteiger partial charge on any atom is 0.408 e. The molecule has 3 aliphatic rings. The van der Waals surface area contributed by atoms with Gasteiger partial charge in [-0.15, -0.1) is 17.9 Å². The number of fused-ring (bicyclic) bond motifs is 1. The number of aryl methyl sites for hydroxylation is 1. The van der Waals surface area contributed by atoms with Gasteiger partial charge in [-0.05, 0) is 68.7 Å². The van der Waals surface area contributed by atoms with Crippen LogP contribution < -0.4 is 25.1 Å². The first kappa shape index (κ1) is 41.4. The lowest BCUT2D eigenvalue weighted by Gasteiger charge is -2.35. The number of thiazole rings is 1. The first-order valence-corrected chi connectivity index (χ1v) is 22.5. The van der Waals surface area contributed by atoms with Crippen molar-refractivity contribution in [2.75, 3.05) is 13.7 Å². The third-order valence-corrected chi connectivity index (χ3v) is 14.9. The second kappa shape index (κ2) is 16.5. The second-order valence-corrected chi connectivity index (χ2v) is 20.3.